The van der Waals surface area contributed by atoms with Crippen molar-refractivity contribution in [3.05, 3.63) is 102 Å². The molecule has 0 unspecified atom stereocenters. The van der Waals surface area contributed by atoms with Crippen LogP contribution in [0.1, 0.15) is 18.1 Å². The number of carbonyl (C=O) groups excluding carboxylic acids is 1. The summed E-state index contributed by atoms with van der Waals surface area (Å²) in [5.74, 6) is -0.388. The van der Waals surface area contributed by atoms with Crippen LogP contribution in [0.4, 0.5) is 20.6 Å². The van der Waals surface area contributed by atoms with E-state index in [2.05, 4.69) is 12.2 Å². The highest BCUT2D eigenvalue weighted by Gasteiger charge is 2.15. The van der Waals surface area contributed by atoms with Gasteiger partial charge in [0.05, 0.1) is 0 Å². The first-order valence-electron chi connectivity index (χ1n) is 9.30. The van der Waals surface area contributed by atoms with Crippen molar-refractivity contribution >= 4 is 23.5 Å². The van der Waals surface area contributed by atoms with Gasteiger partial charge in [0.2, 0.25) is 0 Å². The fourth-order valence-electron chi connectivity index (χ4n) is 2.83. The van der Waals surface area contributed by atoms with Gasteiger partial charge in [0, 0.05) is 17.9 Å². The SMILES string of the molecule is CCc1ccc(N(C/C=C/c2ccccc2)C(=O)Nc2cccc(F)c2)cc1. The third-order valence-electron chi connectivity index (χ3n) is 4.38. The Labute approximate surface area is 165 Å². The summed E-state index contributed by atoms with van der Waals surface area (Å²) in [5.41, 5.74) is 3.47. The summed E-state index contributed by atoms with van der Waals surface area (Å²) in [7, 11) is 0. The van der Waals surface area contributed by atoms with E-state index in [-0.39, 0.29) is 11.8 Å². The van der Waals surface area contributed by atoms with Gasteiger partial charge in [-0.05, 0) is 47.9 Å². The first-order chi connectivity index (χ1) is 13.7. The molecule has 3 nitrogen and oxygen atoms in total. The Morgan fingerprint density at radius 2 is 1.75 bits per heavy atom. The zero-order valence-electron chi connectivity index (χ0n) is 15.8. The lowest BCUT2D eigenvalue weighted by Crippen LogP contribution is -2.35. The van der Waals surface area contributed by atoms with E-state index < -0.39 is 0 Å². The van der Waals surface area contributed by atoms with E-state index in [1.54, 1.807) is 17.0 Å². The van der Waals surface area contributed by atoms with Gasteiger partial charge < -0.3 is 5.32 Å². The minimum absolute atomic E-state index is 0.312. The van der Waals surface area contributed by atoms with Crippen LogP contribution in [0, 0.1) is 5.82 Å². The highest BCUT2D eigenvalue weighted by Crippen LogP contribution is 2.18. The first kappa shape index (κ1) is 19.4. The molecule has 0 fully saturated rings. The van der Waals surface area contributed by atoms with Crippen LogP contribution in [0.5, 0.6) is 0 Å². The van der Waals surface area contributed by atoms with Crippen LogP contribution >= 0.6 is 0 Å². The van der Waals surface area contributed by atoms with Gasteiger partial charge in [-0.3, -0.25) is 4.90 Å². The summed E-state index contributed by atoms with van der Waals surface area (Å²) in [6.45, 7) is 2.48. The number of urea groups is 1. The van der Waals surface area contributed by atoms with Crippen molar-refractivity contribution in [3.8, 4) is 0 Å². The number of rotatable bonds is 6. The number of halogens is 1. The lowest BCUT2D eigenvalue weighted by Gasteiger charge is -2.22. The van der Waals surface area contributed by atoms with Gasteiger partial charge in [-0.1, -0.05) is 67.6 Å². The second-order valence-corrected chi connectivity index (χ2v) is 6.38. The Balaban J connectivity index is 1.80. The number of aryl methyl sites for hydroxylation is 1. The fourth-order valence-corrected chi connectivity index (χ4v) is 2.83. The zero-order valence-corrected chi connectivity index (χ0v) is 15.8. The number of nitrogens with zero attached hydrogens (tertiary/aromatic N) is 1. The fraction of sp³-hybridized carbons (Fsp3) is 0.125. The van der Waals surface area contributed by atoms with Crippen molar-refractivity contribution in [2.45, 2.75) is 13.3 Å². The maximum absolute atomic E-state index is 13.4. The van der Waals surface area contributed by atoms with Crippen LogP contribution in [0.3, 0.4) is 0 Å². The van der Waals surface area contributed by atoms with E-state index >= 15 is 0 Å². The Hall–Kier alpha value is -3.40. The van der Waals surface area contributed by atoms with Gasteiger partial charge in [-0.2, -0.15) is 0 Å². The van der Waals surface area contributed by atoms with Crippen LogP contribution in [-0.4, -0.2) is 12.6 Å². The molecule has 0 heterocycles. The minimum atomic E-state index is -0.388. The molecular formula is C24H23FN2O. The monoisotopic (exact) mass is 374 g/mol. The molecule has 0 aliphatic heterocycles. The zero-order chi connectivity index (χ0) is 19.8. The standard InChI is InChI=1S/C24H23FN2O/c1-2-19-13-15-23(16-14-19)27(17-7-10-20-8-4-3-5-9-20)24(28)26-22-12-6-11-21(25)18-22/h3-16,18H,2,17H2,1H3,(H,26,28)/b10-7+. The molecule has 1 N–H and O–H groups in total. The van der Waals surface area contributed by atoms with Gasteiger partial charge in [-0.25, -0.2) is 9.18 Å². The molecule has 142 valence electrons. The minimum Gasteiger partial charge on any atom is -0.307 e. The Morgan fingerprint density at radius 3 is 2.43 bits per heavy atom. The van der Waals surface area contributed by atoms with Crippen LogP contribution in [0.15, 0.2) is 84.9 Å². The number of carbonyl (C=O) groups is 1. The van der Waals surface area contributed by atoms with Crippen molar-refractivity contribution < 1.29 is 9.18 Å². The lowest BCUT2D eigenvalue weighted by molar-refractivity contribution is 0.257. The largest absolute Gasteiger partial charge is 0.326 e. The summed E-state index contributed by atoms with van der Waals surface area (Å²) in [6, 6.07) is 23.4. The first-order valence-corrected chi connectivity index (χ1v) is 9.30. The number of hydrogen-bond donors (Lipinski definition) is 1. The third-order valence-corrected chi connectivity index (χ3v) is 4.38. The predicted molar refractivity (Wildman–Crippen MR) is 114 cm³/mol. The van der Waals surface area contributed by atoms with Gasteiger partial charge in [0.25, 0.3) is 0 Å². The quantitative estimate of drug-likeness (QED) is 0.552. The molecule has 3 aromatic rings. The highest BCUT2D eigenvalue weighted by molar-refractivity contribution is 6.02. The van der Waals surface area contributed by atoms with E-state index in [1.165, 1.54) is 17.7 Å². The summed E-state index contributed by atoms with van der Waals surface area (Å²) >= 11 is 0. The average molecular weight is 374 g/mol. The van der Waals surface area contributed by atoms with Crippen LogP contribution in [-0.2, 0) is 6.42 Å². The smallest absolute Gasteiger partial charge is 0.307 e. The number of anilines is 2. The topological polar surface area (TPSA) is 32.3 Å². The van der Waals surface area contributed by atoms with Gasteiger partial charge in [0.1, 0.15) is 5.82 Å². The van der Waals surface area contributed by atoms with E-state index in [0.717, 1.165) is 17.7 Å². The van der Waals surface area contributed by atoms with Crippen molar-refractivity contribution in [1.82, 2.24) is 0 Å². The number of benzene rings is 3. The summed E-state index contributed by atoms with van der Waals surface area (Å²) in [4.78, 5) is 14.5. The van der Waals surface area contributed by atoms with Crippen molar-refractivity contribution in [2.75, 3.05) is 16.8 Å². The lowest BCUT2D eigenvalue weighted by atomic mass is 10.1. The number of nitrogens with one attached hydrogen (secondary N) is 1. The molecule has 28 heavy (non-hydrogen) atoms. The van der Waals surface area contributed by atoms with Crippen molar-refractivity contribution in [2.24, 2.45) is 0 Å². The molecule has 0 aliphatic rings. The second kappa shape index (κ2) is 9.51. The number of amides is 2. The van der Waals surface area contributed by atoms with Crippen LogP contribution in [0.2, 0.25) is 0 Å². The van der Waals surface area contributed by atoms with Crippen LogP contribution in [0.25, 0.3) is 6.08 Å². The van der Waals surface area contributed by atoms with Crippen LogP contribution < -0.4 is 10.2 Å². The van der Waals surface area contributed by atoms with E-state index in [0.29, 0.717) is 12.2 Å². The van der Waals surface area contributed by atoms with Crippen molar-refractivity contribution in [1.29, 1.82) is 0 Å². The molecule has 0 atom stereocenters. The summed E-state index contributed by atoms with van der Waals surface area (Å²) < 4.78 is 13.4. The predicted octanol–water partition coefficient (Wildman–Crippen LogP) is 6.14. The normalized spacial score (nSPS) is 10.8. The van der Waals surface area contributed by atoms with E-state index in [4.69, 9.17) is 0 Å². The van der Waals surface area contributed by atoms with Gasteiger partial charge in [-0.15, -0.1) is 0 Å². The molecule has 0 bridgehead atoms. The third kappa shape index (κ3) is 5.30. The average Bonchev–Trinajstić information content (AvgIpc) is 2.72. The Morgan fingerprint density at radius 1 is 1.00 bits per heavy atom. The number of hydrogen-bond acceptors (Lipinski definition) is 1. The molecule has 2 amide bonds. The van der Waals surface area contributed by atoms with Gasteiger partial charge >= 0.3 is 6.03 Å². The molecule has 3 aromatic carbocycles. The molecule has 0 saturated heterocycles. The maximum atomic E-state index is 13.4. The molecule has 0 radical (unpaired) electrons. The molecule has 3 rings (SSSR count). The second-order valence-electron chi connectivity index (χ2n) is 6.38. The Kier molecular flexibility index (Phi) is 6.58. The molecule has 0 aromatic heterocycles. The molecule has 0 aliphatic carbocycles. The Bertz CT molecular complexity index is 936. The molecule has 4 heteroatoms. The van der Waals surface area contributed by atoms with E-state index in [1.807, 2.05) is 66.7 Å². The van der Waals surface area contributed by atoms with Crippen molar-refractivity contribution in [3.63, 3.8) is 0 Å². The maximum Gasteiger partial charge on any atom is 0.326 e. The molecule has 0 spiro atoms. The summed E-state index contributed by atoms with van der Waals surface area (Å²) in [6.07, 6.45) is 4.85. The summed E-state index contributed by atoms with van der Waals surface area (Å²) in [5, 5.41) is 2.77. The highest BCUT2D eigenvalue weighted by atomic mass is 19.1. The van der Waals surface area contributed by atoms with Gasteiger partial charge in [0.15, 0.2) is 0 Å². The molecular weight excluding hydrogens is 351 g/mol. The van der Waals surface area contributed by atoms with E-state index in [9.17, 15) is 9.18 Å². The molecule has 0 saturated carbocycles.